The van der Waals surface area contributed by atoms with E-state index in [1.54, 1.807) is 12.1 Å². The Morgan fingerprint density at radius 1 is 1.33 bits per heavy atom. The molecule has 0 amide bonds. The predicted octanol–water partition coefficient (Wildman–Crippen LogP) is 3.17. The van der Waals surface area contributed by atoms with Crippen molar-refractivity contribution in [3.05, 3.63) is 24.3 Å². The molecule has 100 valence electrons. The van der Waals surface area contributed by atoms with Crippen molar-refractivity contribution in [1.82, 2.24) is 0 Å². The molecule has 1 fully saturated rings. The lowest BCUT2D eigenvalue weighted by Crippen LogP contribution is -2.27. The quantitative estimate of drug-likeness (QED) is 0.906. The van der Waals surface area contributed by atoms with E-state index >= 15 is 0 Å². The summed E-state index contributed by atoms with van der Waals surface area (Å²) in [6.07, 6.45) is -3.94. The Kier molecular flexibility index (Phi) is 3.65. The number of hydrogen-bond donors (Lipinski definition) is 1. The molecule has 0 aromatic heterocycles. The van der Waals surface area contributed by atoms with E-state index in [1.165, 1.54) is 12.1 Å². The maximum absolute atomic E-state index is 12.2. The number of halogens is 3. The fourth-order valence-corrected chi connectivity index (χ4v) is 1.92. The standard InChI is InChI=1S/C12H14F3NO2/c1-8-9(6-7-17-8)16-10-4-2-3-5-11(10)18-12(13,14)15/h2-5,8-9,16H,6-7H2,1H3. The zero-order valence-electron chi connectivity index (χ0n) is 9.83. The molecule has 6 heteroatoms. The summed E-state index contributed by atoms with van der Waals surface area (Å²) in [5, 5.41) is 3.03. The Labute approximate surface area is 103 Å². The molecule has 3 nitrogen and oxygen atoms in total. The molecule has 18 heavy (non-hydrogen) atoms. The summed E-state index contributed by atoms with van der Waals surface area (Å²) in [4.78, 5) is 0. The number of ether oxygens (including phenoxy) is 2. The van der Waals surface area contributed by atoms with Gasteiger partial charge < -0.3 is 14.8 Å². The fraction of sp³-hybridized carbons (Fsp3) is 0.500. The molecule has 1 N–H and O–H groups in total. The summed E-state index contributed by atoms with van der Waals surface area (Å²) >= 11 is 0. The molecule has 0 saturated carbocycles. The largest absolute Gasteiger partial charge is 0.573 e. The highest BCUT2D eigenvalue weighted by molar-refractivity contribution is 5.57. The molecule has 1 saturated heterocycles. The molecular weight excluding hydrogens is 247 g/mol. The first kappa shape index (κ1) is 13.0. The van der Waals surface area contributed by atoms with Crippen molar-refractivity contribution in [2.45, 2.75) is 31.9 Å². The first-order valence-electron chi connectivity index (χ1n) is 5.68. The molecule has 1 aliphatic rings. The predicted molar refractivity (Wildman–Crippen MR) is 60.6 cm³/mol. The van der Waals surface area contributed by atoms with Crippen LogP contribution in [0, 0.1) is 0 Å². The van der Waals surface area contributed by atoms with Gasteiger partial charge in [-0.3, -0.25) is 0 Å². The van der Waals surface area contributed by atoms with Crippen LogP contribution in [-0.2, 0) is 4.74 Å². The van der Waals surface area contributed by atoms with Crippen LogP contribution in [0.3, 0.4) is 0 Å². The van der Waals surface area contributed by atoms with Crippen molar-refractivity contribution in [2.75, 3.05) is 11.9 Å². The van der Waals surface area contributed by atoms with Gasteiger partial charge in [0.05, 0.1) is 17.8 Å². The zero-order valence-corrected chi connectivity index (χ0v) is 9.83. The van der Waals surface area contributed by atoms with Gasteiger partial charge in [-0.25, -0.2) is 0 Å². The number of anilines is 1. The van der Waals surface area contributed by atoms with Crippen LogP contribution in [0.2, 0.25) is 0 Å². The molecular formula is C12H14F3NO2. The SMILES string of the molecule is CC1OCCC1Nc1ccccc1OC(F)(F)F. The summed E-state index contributed by atoms with van der Waals surface area (Å²) in [7, 11) is 0. The van der Waals surface area contributed by atoms with Gasteiger partial charge in [0, 0.05) is 6.61 Å². The van der Waals surface area contributed by atoms with E-state index in [2.05, 4.69) is 10.1 Å². The molecule has 0 aliphatic carbocycles. The van der Waals surface area contributed by atoms with Crippen molar-refractivity contribution >= 4 is 5.69 Å². The number of para-hydroxylation sites is 2. The van der Waals surface area contributed by atoms with Gasteiger partial charge >= 0.3 is 6.36 Å². The van der Waals surface area contributed by atoms with Crippen molar-refractivity contribution in [3.63, 3.8) is 0 Å². The molecule has 1 aromatic rings. The van der Waals surface area contributed by atoms with Crippen molar-refractivity contribution in [3.8, 4) is 5.75 Å². The molecule has 2 atom stereocenters. The fourth-order valence-electron chi connectivity index (χ4n) is 1.92. The highest BCUT2D eigenvalue weighted by atomic mass is 19.4. The Balaban J connectivity index is 2.12. The maximum atomic E-state index is 12.2. The van der Waals surface area contributed by atoms with Crippen LogP contribution in [0.5, 0.6) is 5.75 Å². The summed E-state index contributed by atoms with van der Waals surface area (Å²) in [6.45, 7) is 2.50. The Morgan fingerprint density at radius 3 is 2.67 bits per heavy atom. The lowest BCUT2D eigenvalue weighted by Gasteiger charge is -2.20. The number of alkyl halides is 3. The van der Waals surface area contributed by atoms with E-state index in [-0.39, 0.29) is 17.9 Å². The second-order valence-corrected chi connectivity index (χ2v) is 4.16. The van der Waals surface area contributed by atoms with E-state index in [1.807, 2.05) is 6.92 Å². The van der Waals surface area contributed by atoms with Crippen molar-refractivity contribution in [2.24, 2.45) is 0 Å². The topological polar surface area (TPSA) is 30.5 Å². The zero-order chi connectivity index (χ0) is 13.2. The average molecular weight is 261 g/mol. The lowest BCUT2D eigenvalue weighted by atomic mass is 10.1. The van der Waals surface area contributed by atoms with Gasteiger partial charge in [0.2, 0.25) is 0 Å². The number of benzene rings is 1. The van der Waals surface area contributed by atoms with E-state index in [0.717, 1.165) is 6.42 Å². The highest BCUT2D eigenvalue weighted by Crippen LogP contribution is 2.31. The van der Waals surface area contributed by atoms with Crippen LogP contribution < -0.4 is 10.1 Å². The molecule has 1 aliphatic heterocycles. The number of nitrogens with one attached hydrogen (secondary N) is 1. The third-order valence-electron chi connectivity index (χ3n) is 2.83. The van der Waals surface area contributed by atoms with Gasteiger partial charge in [-0.05, 0) is 25.5 Å². The van der Waals surface area contributed by atoms with E-state index in [0.29, 0.717) is 12.3 Å². The Bertz CT molecular complexity index is 409. The summed E-state index contributed by atoms with van der Waals surface area (Å²) in [5.41, 5.74) is 0.331. The van der Waals surface area contributed by atoms with E-state index in [9.17, 15) is 13.2 Å². The van der Waals surface area contributed by atoms with E-state index < -0.39 is 6.36 Å². The molecule has 2 rings (SSSR count). The second-order valence-electron chi connectivity index (χ2n) is 4.16. The summed E-state index contributed by atoms with van der Waals surface area (Å²) in [6, 6.07) is 6.01. The third kappa shape index (κ3) is 3.29. The van der Waals surface area contributed by atoms with Gasteiger partial charge in [0.25, 0.3) is 0 Å². The molecule has 0 radical (unpaired) electrons. The molecule has 2 unspecified atom stereocenters. The lowest BCUT2D eigenvalue weighted by molar-refractivity contribution is -0.274. The molecule has 0 bridgehead atoms. The van der Waals surface area contributed by atoms with Gasteiger partial charge in [-0.2, -0.15) is 0 Å². The summed E-state index contributed by atoms with van der Waals surface area (Å²) in [5.74, 6) is -0.218. The van der Waals surface area contributed by atoms with Crippen molar-refractivity contribution in [1.29, 1.82) is 0 Å². The molecule has 0 spiro atoms. The normalized spacial score (nSPS) is 24.0. The Hall–Kier alpha value is -1.43. The Morgan fingerprint density at radius 2 is 2.06 bits per heavy atom. The monoisotopic (exact) mass is 261 g/mol. The van der Waals surface area contributed by atoms with Gasteiger partial charge in [-0.15, -0.1) is 13.2 Å². The smallest absolute Gasteiger partial charge is 0.404 e. The van der Waals surface area contributed by atoms with Crippen molar-refractivity contribution < 1.29 is 22.6 Å². The van der Waals surface area contributed by atoms with Gasteiger partial charge in [-0.1, -0.05) is 12.1 Å². The first-order valence-corrected chi connectivity index (χ1v) is 5.68. The minimum absolute atomic E-state index is 0.00276. The minimum atomic E-state index is -4.68. The van der Waals surface area contributed by atoms with E-state index in [4.69, 9.17) is 4.74 Å². The maximum Gasteiger partial charge on any atom is 0.573 e. The average Bonchev–Trinajstić information content (AvgIpc) is 2.65. The molecule has 1 heterocycles. The highest BCUT2D eigenvalue weighted by Gasteiger charge is 2.33. The molecule has 1 aromatic carbocycles. The van der Waals surface area contributed by atoms with Crippen LogP contribution in [0.4, 0.5) is 18.9 Å². The second kappa shape index (κ2) is 5.06. The van der Waals surface area contributed by atoms with Gasteiger partial charge in [0.15, 0.2) is 5.75 Å². The summed E-state index contributed by atoms with van der Waals surface area (Å²) < 4.78 is 46.0. The first-order chi connectivity index (χ1) is 8.46. The third-order valence-corrected chi connectivity index (χ3v) is 2.83. The van der Waals surface area contributed by atoms with Crippen LogP contribution in [0.1, 0.15) is 13.3 Å². The van der Waals surface area contributed by atoms with Crippen LogP contribution in [-0.4, -0.2) is 25.1 Å². The van der Waals surface area contributed by atoms with Crippen LogP contribution in [0.25, 0.3) is 0 Å². The minimum Gasteiger partial charge on any atom is -0.404 e. The van der Waals surface area contributed by atoms with Gasteiger partial charge in [0.1, 0.15) is 0 Å². The number of hydrogen-bond acceptors (Lipinski definition) is 3. The number of rotatable bonds is 3. The van der Waals surface area contributed by atoms with Crippen LogP contribution in [0.15, 0.2) is 24.3 Å². The van der Waals surface area contributed by atoms with Crippen LogP contribution >= 0.6 is 0 Å².